The number of thiazole rings is 1. The zero-order valence-electron chi connectivity index (χ0n) is 16.3. The zero-order chi connectivity index (χ0) is 22.4. The monoisotopic (exact) mass is 524 g/mol. The lowest BCUT2D eigenvalue weighted by atomic mass is 9.95. The highest BCUT2D eigenvalue weighted by atomic mass is 79.9. The highest BCUT2D eigenvalue weighted by Crippen LogP contribution is 2.44. The van der Waals surface area contributed by atoms with Crippen LogP contribution in [0, 0.1) is 0 Å². The minimum absolute atomic E-state index is 0.0176. The number of carbonyl (C=O) groups is 2. The molecule has 1 N–H and O–H groups in total. The lowest BCUT2D eigenvalue weighted by Crippen LogP contribution is -2.29. The van der Waals surface area contributed by atoms with Gasteiger partial charge in [0, 0.05) is 15.1 Å². The molecule has 1 aliphatic rings. The molecule has 1 aliphatic heterocycles. The number of nitrogens with zero attached hydrogens (tertiary/aromatic N) is 2. The van der Waals surface area contributed by atoms with Gasteiger partial charge < -0.3 is 5.11 Å². The van der Waals surface area contributed by atoms with Crippen molar-refractivity contribution in [2.45, 2.75) is 6.04 Å². The van der Waals surface area contributed by atoms with E-state index in [1.54, 1.807) is 48.5 Å². The molecular formula is C24H14BrClN2O3S. The van der Waals surface area contributed by atoms with Crippen LogP contribution >= 0.6 is 38.9 Å². The number of hydrogen-bond acceptors (Lipinski definition) is 5. The molecule has 0 saturated carbocycles. The van der Waals surface area contributed by atoms with Crippen LogP contribution in [0.1, 0.15) is 17.2 Å². The molecule has 1 atom stereocenters. The summed E-state index contributed by atoms with van der Waals surface area (Å²) in [5.41, 5.74) is 1.83. The quantitative estimate of drug-likeness (QED) is 0.192. The Morgan fingerprint density at radius 1 is 1.03 bits per heavy atom. The van der Waals surface area contributed by atoms with Gasteiger partial charge in [0.05, 0.1) is 21.8 Å². The van der Waals surface area contributed by atoms with Crippen molar-refractivity contribution >= 4 is 71.7 Å². The standard InChI is InChI=1S/C24H14BrClN2O3S/c25-15-8-11-17-18(12-15)32-24(27-17)28-20(13-6-9-16(26)10-7-13)19(22(30)23(28)31)21(29)14-4-2-1-3-5-14/h1-12,20,29H/t20-/m0/s1. The van der Waals surface area contributed by atoms with Crippen LogP contribution < -0.4 is 4.90 Å². The van der Waals surface area contributed by atoms with Crippen molar-refractivity contribution in [2.75, 3.05) is 4.90 Å². The number of amides is 1. The van der Waals surface area contributed by atoms with Crippen molar-refractivity contribution in [2.24, 2.45) is 0 Å². The highest BCUT2D eigenvalue weighted by Gasteiger charge is 2.48. The van der Waals surface area contributed by atoms with E-state index in [-0.39, 0.29) is 11.3 Å². The largest absolute Gasteiger partial charge is 0.507 e. The summed E-state index contributed by atoms with van der Waals surface area (Å²) in [5, 5.41) is 12.0. The third kappa shape index (κ3) is 3.52. The fourth-order valence-corrected chi connectivity index (χ4v) is 5.40. The summed E-state index contributed by atoms with van der Waals surface area (Å²) >= 11 is 10.8. The molecule has 2 heterocycles. The van der Waals surface area contributed by atoms with Gasteiger partial charge in [-0.15, -0.1) is 0 Å². The first-order valence-corrected chi connectivity index (χ1v) is 11.6. The predicted octanol–water partition coefficient (Wildman–Crippen LogP) is 6.34. The Balaban J connectivity index is 1.73. The van der Waals surface area contributed by atoms with Crippen LogP contribution in [0.4, 0.5) is 5.13 Å². The number of carbonyl (C=O) groups excluding carboxylic acids is 2. The molecule has 1 fully saturated rings. The molecule has 5 rings (SSSR count). The Morgan fingerprint density at radius 3 is 2.47 bits per heavy atom. The predicted molar refractivity (Wildman–Crippen MR) is 130 cm³/mol. The molecule has 5 nitrogen and oxygen atoms in total. The maximum Gasteiger partial charge on any atom is 0.301 e. The van der Waals surface area contributed by atoms with Gasteiger partial charge in [-0.05, 0) is 35.9 Å². The van der Waals surface area contributed by atoms with Gasteiger partial charge in [-0.2, -0.15) is 0 Å². The van der Waals surface area contributed by atoms with E-state index in [1.165, 1.54) is 16.2 Å². The van der Waals surface area contributed by atoms with E-state index in [2.05, 4.69) is 20.9 Å². The van der Waals surface area contributed by atoms with Gasteiger partial charge in [-0.1, -0.05) is 81.3 Å². The fourth-order valence-electron chi connectivity index (χ4n) is 3.73. The molecule has 1 aromatic heterocycles. The Kier molecular flexibility index (Phi) is 5.33. The van der Waals surface area contributed by atoms with E-state index in [0.29, 0.717) is 26.8 Å². The van der Waals surface area contributed by atoms with E-state index >= 15 is 0 Å². The van der Waals surface area contributed by atoms with Crippen molar-refractivity contribution in [3.05, 3.63) is 99.0 Å². The lowest BCUT2D eigenvalue weighted by Gasteiger charge is -2.23. The highest BCUT2D eigenvalue weighted by molar-refractivity contribution is 9.10. The molecule has 1 saturated heterocycles. The number of halogens is 2. The smallest absolute Gasteiger partial charge is 0.301 e. The van der Waals surface area contributed by atoms with E-state index in [9.17, 15) is 14.7 Å². The SMILES string of the molecule is O=C1C(=O)N(c2nc3ccc(Br)cc3s2)[C@@H](c2ccc(Cl)cc2)C1=C(O)c1ccccc1. The first-order chi connectivity index (χ1) is 15.4. The number of aliphatic hydroxyl groups is 1. The summed E-state index contributed by atoms with van der Waals surface area (Å²) in [5.74, 6) is -1.72. The molecule has 1 amide bonds. The number of rotatable bonds is 3. The molecule has 158 valence electrons. The van der Waals surface area contributed by atoms with Crippen LogP contribution in [-0.4, -0.2) is 21.8 Å². The Hall–Kier alpha value is -3.00. The number of ketones is 1. The molecule has 32 heavy (non-hydrogen) atoms. The van der Waals surface area contributed by atoms with Crippen molar-refractivity contribution in [3.8, 4) is 0 Å². The Labute approximate surface area is 200 Å². The molecule has 0 unspecified atom stereocenters. The summed E-state index contributed by atoms with van der Waals surface area (Å²) in [4.78, 5) is 32.3. The van der Waals surface area contributed by atoms with Crippen LogP contribution in [-0.2, 0) is 9.59 Å². The third-order valence-electron chi connectivity index (χ3n) is 5.22. The summed E-state index contributed by atoms with van der Waals surface area (Å²) in [6, 6.07) is 20.4. The van der Waals surface area contributed by atoms with E-state index in [0.717, 1.165) is 9.17 Å². The minimum atomic E-state index is -0.837. The Bertz CT molecular complexity index is 1400. The number of Topliss-reactive ketones (excluding diaryl/α,β-unsaturated/α-hetero) is 1. The van der Waals surface area contributed by atoms with Crippen LogP contribution in [0.2, 0.25) is 5.02 Å². The van der Waals surface area contributed by atoms with Gasteiger partial charge in [-0.3, -0.25) is 14.5 Å². The van der Waals surface area contributed by atoms with Crippen LogP contribution in [0.15, 0.2) is 82.8 Å². The van der Waals surface area contributed by atoms with Crippen molar-refractivity contribution < 1.29 is 14.7 Å². The average molecular weight is 526 g/mol. The number of hydrogen-bond donors (Lipinski definition) is 1. The van der Waals surface area contributed by atoms with E-state index < -0.39 is 17.7 Å². The number of fused-ring (bicyclic) bond motifs is 1. The fraction of sp³-hybridized carbons (Fsp3) is 0.0417. The van der Waals surface area contributed by atoms with Gasteiger partial charge >= 0.3 is 5.91 Å². The average Bonchev–Trinajstić information content (AvgIpc) is 3.32. The third-order valence-corrected chi connectivity index (χ3v) is 6.99. The second kappa shape index (κ2) is 8.16. The van der Waals surface area contributed by atoms with Gasteiger partial charge in [0.2, 0.25) is 0 Å². The van der Waals surface area contributed by atoms with Gasteiger partial charge in [0.25, 0.3) is 5.78 Å². The maximum atomic E-state index is 13.2. The molecule has 0 radical (unpaired) electrons. The second-order valence-corrected chi connectivity index (χ2v) is 9.56. The summed E-state index contributed by atoms with van der Waals surface area (Å²) in [7, 11) is 0. The molecule has 4 aromatic rings. The summed E-state index contributed by atoms with van der Waals surface area (Å²) in [6.07, 6.45) is 0. The van der Waals surface area contributed by atoms with E-state index in [1.807, 2.05) is 24.3 Å². The molecule has 0 bridgehead atoms. The van der Waals surface area contributed by atoms with Gasteiger partial charge in [0.1, 0.15) is 5.76 Å². The molecular weight excluding hydrogens is 512 g/mol. The van der Waals surface area contributed by atoms with Gasteiger partial charge in [0.15, 0.2) is 5.13 Å². The number of aliphatic hydroxyl groups excluding tert-OH is 1. The molecule has 3 aromatic carbocycles. The number of aromatic nitrogens is 1. The molecule has 8 heteroatoms. The topological polar surface area (TPSA) is 70.5 Å². The summed E-state index contributed by atoms with van der Waals surface area (Å²) < 4.78 is 1.76. The van der Waals surface area contributed by atoms with Crippen LogP contribution in [0.3, 0.4) is 0 Å². The zero-order valence-corrected chi connectivity index (χ0v) is 19.5. The van der Waals surface area contributed by atoms with Crippen molar-refractivity contribution in [3.63, 3.8) is 0 Å². The second-order valence-electron chi connectivity index (χ2n) is 7.20. The van der Waals surface area contributed by atoms with E-state index in [4.69, 9.17) is 11.6 Å². The van der Waals surface area contributed by atoms with Crippen molar-refractivity contribution in [1.29, 1.82) is 0 Å². The molecule has 0 aliphatic carbocycles. The number of benzene rings is 3. The normalized spacial score (nSPS) is 17.9. The minimum Gasteiger partial charge on any atom is -0.507 e. The van der Waals surface area contributed by atoms with Gasteiger partial charge in [-0.25, -0.2) is 4.98 Å². The van der Waals surface area contributed by atoms with Crippen LogP contribution in [0.25, 0.3) is 16.0 Å². The first-order valence-electron chi connectivity index (χ1n) is 9.62. The molecule has 0 spiro atoms. The number of anilines is 1. The van der Waals surface area contributed by atoms with Crippen molar-refractivity contribution in [1.82, 2.24) is 4.98 Å². The lowest BCUT2D eigenvalue weighted by molar-refractivity contribution is -0.132. The summed E-state index contributed by atoms with van der Waals surface area (Å²) in [6.45, 7) is 0. The maximum absolute atomic E-state index is 13.2. The first kappa shape index (κ1) is 20.9. The Morgan fingerprint density at radius 2 is 1.75 bits per heavy atom. The van der Waals surface area contributed by atoms with Crippen LogP contribution in [0.5, 0.6) is 0 Å².